The van der Waals surface area contributed by atoms with Crippen molar-refractivity contribution in [2.45, 2.75) is 26.9 Å². The first-order valence-corrected chi connectivity index (χ1v) is 10.1. The SMILES string of the molecule is CC(=O)Nc1cc(CNCc2ccccc2C)cc(C(=O)N2CCN(C)CC2)c1. The van der Waals surface area contributed by atoms with Crippen molar-refractivity contribution in [3.05, 3.63) is 64.7 Å². The molecule has 1 heterocycles. The van der Waals surface area contributed by atoms with Crippen molar-refractivity contribution in [3.63, 3.8) is 0 Å². The summed E-state index contributed by atoms with van der Waals surface area (Å²) in [6, 6.07) is 13.9. The van der Waals surface area contributed by atoms with Crippen LogP contribution in [0.15, 0.2) is 42.5 Å². The number of amides is 2. The molecule has 0 saturated carbocycles. The molecule has 2 aromatic rings. The van der Waals surface area contributed by atoms with Crippen molar-refractivity contribution in [1.82, 2.24) is 15.1 Å². The smallest absolute Gasteiger partial charge is 0.254 e. The molecule has 0 spiro atoms. The minimum absolute atomic E-state index is 0.0189. The van der Waals surface area contributed by atoms with Crippen LogP contribution in [0.4, 0.5) is 5.69 Å². The van der Waals surface area contributed by atoms with Gasteiger partial charge in [0.25, 0.3) is 5.91 Å². The zero-order valence-electron chi connectivity index (χ0n) is 17.5. The molecule has 1 aliphatic heterocycles. The summed E-state index contributed by atoms with van der Waals surface area (Å²) < 4.78 is 0. The lowest BCUT2D eigenvalue weighted by molar-refractivity contribution is -0.114. The third-order valence-corrected chi connectivity index (χ3v) is 5.26. The normalized spacial score (nSPS) is 14.7. The number of piperazine rings is 1. The van der Waals surface area contributed by atoms with Crippen LogP contribution >= 0.6 is 0 Å². The molecule has 0 aliphatic carbocycles. The van der Waals surface area contributed by atoms with Crippen LogP contribution in [-0.2, 0) is 17.9 Å². The van der Waals surface area contributed by atoms with Crippen LogP contribution in [0.2, 0.25) is 0 Å². The highest BCUT2D eigenvalue weighted by Gasteiger charge is 2.21. The van der Waals surface area contributed by atoms with Gasteiger partial charge in [0, 0.05) is 57.4 Å². The summed E-state index contributed by atoms with van der Waals surface area (Å²) in [5.74, 6) is -0.126. The van der Waals surface area contributed by atoms with Crippen molar-refractivity contribution in [2.24, 2.45) is 0 Å². The lowest BCUT2D eigenvalue weighted by atomic mass is 10.1. The maximum Gasteiger partial charge on any atom is 0.254 e. The molecule has 6 heteroatoms. The molecule has 0 bridgehead atoms. The second-order valence-electron chi connectivity index (χ2n) is 7.73. The Labute approximate surface area is 172 Å². The second kappa shape index (κ2) is 9.67. The maximum atomic E-state index is 13.0. The quantitative estimate of drug-likeness (QED) is 0.791. The van der Waals surface area contributed by atoms with Crippen LogP contribution in [0, 0.1) is 6.92 Å². The van der Waals surface area contributed by atoms with Gasteiger partial charge in [-0.05, 0) is 48.9 Å². The van der Waals surface area contributed by atoms with E-state index in [0.29, 0.717) is 17.8 Å². The van der Waals surface area contributed by atoms with E-state index in [0.717, 1.165) is 38.3 Å². The number of aryl methyl sites for hydroxylation is 1. The number of carbonyl (C=O) groups is 2. The van der Waals surface area contributed by atoms with Crippen LogP contribution < -0.4 is 10.6 Å². The topological polar surface area (TPSA) is 64.7 Å². The van der Waals surface area contributed by atoms with E-state index in [1.165, 1.54) is 18.1 Å². The molecule has 1 fully saturated rings. The highest BCUT2D eigenvalue weighted by molar-refractivity contribution is 5.97. The van der Waals surface area contributed by atoms with E-state index in [9.17, 15) is 9.59 Å². The van der Waals surface area contributed by atoms with Gasteiger partial charge in [-0.15, -0.1) is 0 Å². The van der Waals surface area contributed by atoms with Gasteiger partial charge in [0.15, 0.2) is 0 Å². The minimum atomic E-state index is -0.145. The molecule has 6 nitrogen and oxygen atoms in total. The van der Waals surface area contributed by atoms with E-state index in [2.05, 4.69) is 41.6 Å². The Morgan fingerprint density at radius 2 is 1.72 bits per heavy atom. The molecular formula is C23H30N4O2. The summed E-state index contributed by atoms with van der Waals surface area (Å²) >= 11 is 0. The second-order valence-corrected chi connectivity index (χ2v) is 7.73. The van der Waals surface area contributed by atoms with E-state index >= 15 is 0 Å². The standard InChI is InChI=1S/C23H30N4O2/c1-17-6-4-5-7-20(17)16-24-15-19-12-21(14-22(13-19)25-18(2)28)23(29)27-10-8-26(3)9-11-27/h4-7,12-14,24H,8-11,15-16H2,1-3H3,(H,25,28). The Morgan fingerprint density at radius 1 is 1.00 bits per heavy atom. The number of carbonyl (C=O) groups excluding carboxylic acids is 2. The monoisotopic (exact) mass is 394 g/mol. The Morgan fingerprint density at radius 3 is 2.41 bits per heavy atom. The van der Waals surface area contributed by atoms with Crippen molar-refractivity contribution in [1.29, 1.82) is 0 Å². The summed E-state index contributed by atoms with van der Waals surface area (Å²) in [5.41, 5.74) is 4.75. The van der Waals surface area contributed by atoms with Crippen molar-refractivity contribution in [2.75, 3.05) is 38.5 Å². The Kier molecular flexibility index (Phi) is 7.01. The molecule has 2 amide bonds. The lowest BCUT2D eigenvalue weighted by Crippen LogP contribution is -2.47. The summed E-state index contributed by atoms with van der Waals surface area (Å²) in [4.78, 5) is 28.7. The van der Waals surface area contributed by atoms with E-state index < -0.39 is 0 Å². The van der Waals surface area contributed by atoms with Gasteiger partial charge in [-0.1, -0.05) is 24.3 Å². The molecular weight excluding hydrogens is 364 g/mol. The van der Waals surface area contributed by atoms with Gasteiger partial charge in [-0.2, -0.15) is 0 Å². The minimum Gasteiger partial charge on any atom is -0.336 e. The van der Waals surface area contributed by atoms with Crippen LogP contribution in [0.5, 0.6) is 0 Å². The first-order chi connectivity index (χ1) is 13.9. The molecule has 0 aromatic heterocycles. The Bertz CT molecular complexity index is 873. The number of hydrogen-bond donors (Lipinski definition) is 2. The van der Waals surface area contributed by atoms with E-state index in [1.54, 1.807) is 6.07 Å². The highest BCUT2D eigenvalue weighted by Crippen LogP contribution is 2.18. The van der Waals surface area contributed by atoms with Crippen molar-refractivity contribution in [3.8, 4) is 0 Å². The van der Waals surface area contributed by atoms with Crippen LogP contribution in [0.1, 0.15) is 34.0 Å². The first-order valence-electron chi connectivity index (χ1n) is 10.1. The Hall–Kier alpha value is -2.70. The van der Waals surface area contributed by atoms with E-state index in [-0.39, 0.29) is 11.8 Å². The van der Waals surface area contributed by atoms with Crippen LogP contribution in [0.25, 0.3) is 0 Å². The van der Waals surface area contributed by atoms with Crippen molar-refractivity contribution >= 4 is 17.5 Å². The highest BCUT2D eigenvalue weighted by atomic mass is 16.2. The van der Waals surface area contributed by atoms with Gasteiger partial charge in [-0.3, -0.25) is 9.59 Å². The van der Waals surface area contributed by atoms with Crippen LogP contribution in [0.3, 0.4) is 0 Å². The molecule has 3 rings (SSSR count). The van der Waals surface area contributed by atoms with Crippen molar-refractivity contribution < 1.29 is 9.59 Å². The zero-order valence-corrected chi connectivity index (χ0v) is 17.5. The predicted molar refractivity (Wildman–Crippen MR) is 116 cm³/mol. The van der Waals surface area contributed by atoms with Gasteiger partial charge in [0.1, 0.15) is 0 Å². The number of rotatable bonds is 6. The number of nitrogens with zero attached hydrogens (tertiary/aromatic N) is 2. The summed E-state index contributed by atoms with van der Waals surface area (Å²) in [5, 5.41) is 6.27. The summed E-state index contributed by atoms with van der Waals surface area (Å²) in [6.45, 7) is 8.14. The third kappa shape index (κ3) is 5.89. The fourth-order valence-corrected chi connectivity index (χ4v) is 3.54. The average Bonchev–Trinajstić information content (AvgIpc) is 2.69. The fraction of sp³-hybridized carbons (Fsp3) is 0.391. The maximum absolute atomic E-state index is 13.0. The molecule has 1 saturated heterocycles. The Balaban J connectivity index is 1.73. The third-order valence-electron chi connectivity index (χ3n) is 5.26. The molecule has 1 aliphatic rings. The summed E-state index contributed by atoms with van der Waals surface area (Å²) in [6.07, 6.45) is 0. The molecule has 0 atom stereocenters. The molecule has 29 heavy (non-hydrogen) atoms. The molecule has 154 valence electrons. The molecule has 0 unspecified atom stereocenters. The largest absolute Gasteiger partial charge is 0.336 e. The summed E-state index contributed by atoms with van der Waals surface area (Å²) in [7, 11) is 2.07. The first kappa shape index (κ1) is 21.0. The van der Waals surface area contributed by atoms with Gasteiger partial charge >= 0.3 is 0 Å². The van der Waals surface area contributed by atoms with Crippen LogP contribution in [-0.4, -0.2) is 54.8 Å². The zero-order chi connectivity index (χ0) is 20.8. The number of nitrogens with one attached hydrogen (secondary N) is 2. The van der Waals surface area contributed by atoms with Gasteiger partial charge in [0.2, 0.25) is 5.91 Å². The van der Waals surface area contributed by atoms with E-state index in [1.807, 2.05) is 29.2 Å². The average molecular weight is 395 g/mol. The lowest BCUT2D eigenvalue weighted by Gasteiger charge is -2.32. The van der Waals surface area contributed by atoms with Gasteiger partial charge < -0.3 is 20.4 Å². The van der Waals surface area contributed by atoms with E-state index in [4.69, 9.17) is 0 Å². The molecule has 2 aromatic carbocycles. The molecule has 2 N–H and O–H groups in total. The number of anilines is 1. The van der Waals surface area contributed by atoms with Gasteiger partial charge in [0.05, 0.1) is 0 Å². The number of benzene rings is 2. The predicted octanol–water partition coefficient (Wildman–Crippen LogP) is 2.63. The number of hydrogen-bond acceptors (Lipinski definition) is 4. The van der Waals surface area contributed by atoms with Gasteiger partial charge in [-0.25, -0.2) is 0 Å². The molecule has 0 radical (unpaired) electrons. The number of likely N-dealkylation sites (N-methyl/N-ethyl adjacent to an activating group) is 1. The fourth-order valence-electron chi connectivity index (χ4n) is 3.54.